The van der Waals surface area contributed by atoms with Gasteiger partial charge >= 0.3 is 0 Å². The number of hydrogen-bond donors (Lipinski definition) is 1. The van der Waals surface area contributed by atoms with Crippen LogP contribution in [0.4, 0.5) is 4.39 Å². The van der Waals surface area contributed by atoms with Crippen LogP contribution in [0.15, 0.2) is 30.3 Å². The maximum Gasteiger partial charge on any atom is 0.271 e. The van der Waals surface area contributed by atoms with Crippen LogP contribution in [-0.2, 0) is 7.05 Å². The van der Waals surface area contributed by atoms with Gasteiger partial charge in [0.2, 0.25) is 0 Å². The molecule has 1 aliphatic rings. The molecule has 0 bridgehead atoms. The second-order valence-corrected chi connectivity index (χ2v) is 5.85. The molecule has 0 radical (unpaired) electrons. The van der Waals surface area contributed by atoms with E-state index in [9.17, 15) is 9.18 Å². The number of aromatic nitrogens is 2. The summed E-state index contributed by atoms with van der Waals surface area (Å²) >= 11 is 0. The van der Waals surface area contributed by atoms with Crippen LogP contribution in [0.3, 0.4) is 0 Å². The third kappa shape index (κ3) is 3.76. The number of aryl methyl sites for hydroxylation is 1. The van der Waals surface area contributed by atoms with Gasteiger partial charge in [0.15, 0.2) is 5.69 Å². The summed E-state index contributed by atoms with van der Waals surface area (Å²) in [4.78, 5) is 14.5. The standard InChI is InChI=1S/C17H21FN4O/c1-21-16(13-5-4-6-14(18)11-13)12-15(20-21)17(23)19-7-10-22-8-2-3-9-22/h4-6,11-12H,2-3,7-10H2,1H3,(H,19,23). The van der Waals surface area contributed by atoms with E-state index in [2.05, 4.69) is 15.3 Å². The van der Waals surface area contributed by atoms with Crippen LogP contribution in [0.1, 0.15) is 23.3 Å². The van der Waals surface area contributed by atoms with E-state index in [1.165, 1.54) is 25.0 Å². The zero-order chi connectivity index (χ0) is 16.2. The van der Waals surface area contributed by atoms with Crippen LogP contribution in [0, 0.1) is 5.82 Å². The minimum atomic E-state index is -0.305. The van der Waals surface area contributed by atoms with Crippen molar-refractivity contribution in [1.29, 1.82) is 0 Å². The minimum absolute atomic E-state index is 0.192. The predicted molar refractivity (Wildman–Crippen MR) is 86.6 cm³/mol. The van der Waals surface area contributed by atoms with E-state index in [0.717, 1.165) is 19.6 Å². The van der Waals surface area contributed by atoms with Crippen LogP contribution >= 0.6 is 0 Å². The van der Waals surface area contributed by atoms with Crippen molar-refractivity contribution in [2.45, 2.75) is 12.8 Å². The third-order valence-corrected chi connectivity index (χ3v) is 4.15. The van der Waals surface area contributed by atoms with Crippen LogP contribution in [0.25, 0.3) is 11.3 Å². The van der Waals surface area contributed by atoms with Gasteiger partial charge in [0.25, 0.3) is 5.91 Å². The molecule has 6 heteroatoms. The smallest absolute Gasteiger partial charge is 0.271 e. The van der Waals surface area contributed by atoms with Crippen molar-refractivity contribution < 1.29 is 9.18 Å². The Morgan fingerprint density at radius 3 is 2.83 bits per heavy atom. The summed E-state index contributed by atoms with van der Waals surface area (Å²) in [7, 11) is 1.75. The fourth-order valence-electron chi connectivity index (χ4n) is 2.92. The molecule has 1 amide bonds. The lowest BCUT2D eigenvalue weighted by atomic mass is 10.1. The highest BCUT2D eigenvalue weighted by Crippen LogP contribution is 2.20. The van der Waals surface area contributed by atoms with E-state index in [-0.39, 0.29) is 11.7 Å². The lowest BCUT2D eigenvalue weighted by Gasteiger charge is -2.14. The highest BCUT2D eigenvalue weighted by atomic mass is 19.1. The Kier molecular flexibility index (Phi) is 4.71. The largest absolute Gasteiger partial charge is 0.349 e. The van der Waals surface area contributed by atoms with Crippen LogP contribution in [0.2, 0.25) is 0 Å². The molecule has 2 aromatic rings. The first-order chi connectivity index (χ1) is 11.1. The van der Waals surface area contributed by atoms with E-state index in [4.69, 9.17) is 0 Å². The van der Waals surface area contributed by atoms with Gasteiger partial charge in [-0.25, -0.2) is 4.39 Å². The van der Waals surface area contributed by atoms with E-state index >= 15 is 0 Å². The van der Waals surface area contributed by atoms with Crippen molar-refractivity contribution in [2.75, 3.05) is 26.2 Å². The molecule has 1 aliphatic heterocycles. The van der Waals surface area contributed by atoms with Gasteiger partial charge in [-0.05, 0) is 44.1 Å². The number of carbonyl (C=O) groups excluding carboxylic acids is 1. The summed E-state index contributed by atoms with van der Waals surface area (Å²) in [5, 5.41) is 7.13. The molecule has 3 rings (SSSR count). The van der Waals surface area contributed by atoms with E-state index in [1.54, 1.807) is 29.9 Å². The Labute approximate surface area is 135 Å². The molecule has 5 nitrogen and oxygen atoms in total. The van der Waals surface area contributed by atoms with E-state index in [0.29, 0.717) is 23.5 Å². The lowest BCUT2D eigenvalue weighted by molar-refractivity contribution is 0.0944. The highest BCUT2D eigenvalue weighted by Gasteiger charge is 2.15. The summed E-state index contributed by atoms with van der Waals surface area (Å²) in [6.45, 7) is 3.71. The molecular weight excluding hydrogens is 295 g/mol. The molecule has 0 unspecified atom stereocenters. The molecule has 122 valence electrons. The molecule has 0 aliphatic carbocycles. The Hall–Kier alpha value is -2.21. The number of rotatable bonds is 5. The Morgan fingerprint density at radius 2 is 2.09 bits per heavy atom. The average molecular weight is 316 g/mol. The number of hydrogen-bond acceptors (Lipinski definition) is 3. The summed E-state index contributed by atoms with van der Waals surface area (Å²) in [6, 6.07) is 7.97. The van der Waals surface area contributed by atoms with Crippen molar-refractivity contribution in [3.8, 4) is 11.3 Å². The fraction of sp³-hybridized carbons (Fsp3) is 0.412. The summed E-state index contributed by atoms with van der Waals surface area (Å²) in [5.74, 6) is -0.497. The Bertz CT molecular complexity index is 692. The normalized spacial score (nSPS) is 15.0. The number of benzene rings is 1. The first-order valence-corrected chi connectivity index (χ1v) is 7.94. The quantitative estimate of drug-likeness (QED) is 0.918. The van der Waals surface area contributed by atoms with Gasteiger partial charge in [-0.3, -0.25) is 9.48 Å². The van der Waals surface area contributed by atoms with Gasteiger partial charge in [-0.1, -0.05) is 12.1 Å². The number of halogens is 1. The van der Waals surface area contributed by atoms with Gasteiger partial charge in [-0.15, -0.1) is 0 Å². The zero-order valence-corrected chi connectivity index (χ0v) is 13.3. The number of nitrogens with one attached hydrogen (secondary N) is 1. The molecule has 1 aromatic heterocycles. The first-order valence-electron chi connectivity index (χ1n) is 7.94. The summed E-state index contributed by atoms with van der Waals surface area (Å²) < 4.78 is 15.0. The van der Waals surface area contributed by atoms with Gasteiger partial charge in [0.1, 0.15) is 5.82 Å². The van der Waals surface area contributed by atoms with Gasteiger partial charge in [0, 0.05) is 25.7 Å². The molecule has 0 atom stereocenters. The number of carbonyl (C=O) groups is 1. The predicted octanol–water partition coefficient (Wildman–Crippen LogP) is 2.05. The maximum absolute atomic E-state index is 13.4. The highest BCUT2D eigenvalue weighted by molar-refractivity contribution is 5.93. The lowest BCUT2D eigenvalue weighted by Crippen LogP contribution is -2.33. The van der Waals surface area contributed by atoms with Crippen LogP contribution in [0.5, 0.6) is 0 Å². The Morgan fingerprint density at radius 1 is 1.30 bits per heavy atom. The second-order valence-electron chi connectivity index (χ2n) is 5.85. The third-order valence-electron chi connectivity index (χ3n) is 4.15. The minimum Gasteiger partial charge on any atom is -0.349 e. The summed E-state index contributed by atoms with van der Waals surface area (Å²) in [6.07, 6.45) is 2.48. The summed E-state index contributed by atoms with van der Waals surface area (Å²) in [5.41, 5.74) is 1.78. The molecule has 1 fully saturated rings. The van der Waals surface area contributed by atoms with Crippen molar-refractivity contribution in [2.24, 2.45) is 7.05 Å². The number of amides is 1. The number of likely N-dealkylation sites (tertiary alicyclic amines) is 1. The average Bonchev–Trinajstić information content (AvgIpc) is 3.16. The fourth-order valence-corrected chi connectivity index (χ4v) is 2.92. The molecular formula is C17H21FN4O. The SMILES string of the molecule is Cn1nc(C(=O)NCCN2CCCC2)cc1-c1cccc(F)c1. The molecule has 1 aromatic carbocycles. The number of nitrogens with zero attached hydrogens (tertiary/aromatic N) is 3. The van der Waals surface area contributed by atoms with Crippen LogP contribution < -0.4 is 5.32 Å². The van der Waals surface area contributed by atoms with Gasteiger partial charge < -0.3 is 10.2 Å². The molecule has 0 saturated carbocycles. The molecule has 23 heavy (non-hydrogen) atoms. The van der Waals surface area contributed by atoms with Gasteiger partial charge in [0.05, 0.1) is 5.69 Å². The molecule has 1 N–H and O–H groups in total. The zero-order valence-electron chi connectivity index (χ0n) is 13.3. The monoisotopic (exact) mass is 316 g/mol. The first kappa shape index (κ1) is 15.7. The maximum atomic E-state index is 13.4. The van der Waals surface area contributed by atoms with Crippen molar-refractivity contribution in [3.05, 3.63) is 41.8 Å². The molecule has 2 heterocycles. The van der Waals surface area contributed by atoms with E-state index in [1.807, 2.05) is 0 Å². The topological polar surface area (TPSA) is 50.2 Å². The van der Waals surface area contributed by atoms with Crippen molar-refractivity contribution in [3.63, 3.8) is 0 Å². The van der Waals surface area contributed by atoms with Crippen molar-refractivity contribution >= 4 is 5.91 Å². The molecule has 0 spiro atoms. The Balaban J connectivity index is 1.64. The second kappa shape index (κ2) is 6.91. The van der Waals surface area contributed by atoms with Gasteiger partial charge in [-0.2, -0.15) is 5.10 Å². The molecule has 1 saturated heterocycles. The van der Waals surface area contributed by atoms with Crippen LogP contribution in [-0.4, -0.2) is 46.8 Å². The van der Waals surface area contributed by atoms with Crippen molar-refractivity contribution in [1.82, 2.24) is 20.0 Å². The van der Waals surface area contributed by atoms with E-state index < -0.39 is 0 Å².